The molecule has 4 aromatic rings. The number of pyridine rings is 1. The van der Waals surface area contributed by atoms with Gasteiger partial charge in [-0.05, 0) is 44.7 Å². The zero-order chi connectivity index (χ0) is 21.4. The molecule has 0 amide bonds. The highest BCUT2D eigenvalue weighted by atomic mass is 15.3. The normalized spacial score (nSPS) is 18.7. The van der Waals surface area contributed by atoms with E-state index in [-0.39, 0.29) is 6.04 Å². The smallest absolute Gasteiger partial charge is 0.223 e. The Bertz CT molecular complexity index is 1280. The fraction of sp³-hybridized carbons (Fsp3) is 0.364. The van der Waals surface area contributed by atoms with Gasteiger partial charge in [-0.2, -0.15) is 10.4 Å². The molecule has 1 saturated carbocycles. The van der Waals surface area contributed by atoms with Crippen LogP contribution in [0.3, 0.4) is 0 Å². The molecule has 0 saturated heterocycles. The number of nitrogens with one attached hydrogen (secondary N) is 1. The number of rotatable bonds is 4. The van der Waals surface area contributed by atoms with Gasteiger partial charge in [-0.3, -0.25) is 4.68 Å². The molecule has 0 bridgehead atoms. The van der Waals surface area contributed by atoms with Crippen LogP contribution in [0.2, 0.25) is 0 Å². The van der Waals surface area contributed by atoms with E-state index in [0.717, 1.165) is 48.1 Å². The maximum atomic E-state index is 9.52. The Morgan fingerprint density at radius 1 is 1.23 bits per heavy atom. The lowest BCUT2D eigenvalue weighted by Gasteiger charge is -2.30. The summed E-state index contributed by atoms with van der Waals surface area (Å²) < 4.78 is 3.92. The number of nitrogens with zero attached hydrogens (tertiary/aromatic N) is 8. The van der Waals surface area contributed by atoms with E-state index in [1.54, 1.807) is 10.9 Å². The van der Waals surface area contributed by atoms with E-state index >= 15 is 0 Å². The van der Waals surface area contributed by atoms with Crippen LogP contribution in [-0.4, -0.2) is 40.3 Å². The van der Waals surface area contributed by atoms with Crippen molar-refractivity contribution in [1.29, 1.82) is 5.26 Å². The quantitative estimate of drug-likeness (QED) is 0.546. The number of anilines is 1. The molecular formula is C22H23N9. The van der Waals surface area contributed by atoms with Crippen molar-refractivity contribution in [3.8, 4) is 17.3 Å². The molecule has 0 aliphatic heterocycles. The van der Waals surface area contributed by atoms with Gasteiger partial charge in [-0.15, -0.1) is 0 Å². The molecule has 0 radical (unpaired) electrons. The Kier molecular flexibility index (Phi) is 4.82. The van der Waals surface area contributed by atoms with Gasteiger partial charge >= 0.3 is 0 Å². The molecule has 31 heavy (non-hydrogen) atoms. The predicted octanol–water partition coefficient (Wildman–Crippen LogP) is 3.40. The van der Waals surface area contributed by atoms with Crippen LogP contribution in [-0.2, 0) is 7.05 Å². The SMILES string of the molecule is Cc1nn(C)cc1-c1nc(N[C@@H]2CCC[C@H](n3cnc4cccnc43)C2)ncc1C#N. The number of hydrogen-bond acceptors (Lipinski definition) is 7. The summed E-state index contributed by atoms with van der Waals surface area (Å²) in [5, 5.41) is 17.4. The van der Waals surface area contributed by atoms with Gasteiger partial charge in [0.25, 0.3) is 0 Å². The van der Waals surface area contributed by atoms with Crippen molar-refractivity contribution in [2.24, 2.45) is 7.05 Å². The molecule has 9 nitrogen and oxygen atoms in total. The highest BCUT2D eigenvalue weighted by molar-refractivity contribution is 5.70. The summed E-state index contributed by atoms with van der Waals surface area (Å²) in [6, 6.07) is 6.65. The Morgan fingerprint density at radius 2 is 2.13 bits per heavy atom. The molecule has 0 spiro atoms. The minimum Gasteiger partial charge on any atom is -0.351 e. The third-order valence-electron chi connectivity index (χ3n) is 5.88. The Labute approximate surface area is 179 Å². The maximum absolute atomic E-state index is 9.52. The Morgan fingerprint density at radius 3 is 2.94 bits per heavy atom. The number of fused-ring (bicyclic) bond motifs is 1. The van der Waals surface area contributed by atoms with Crippen LogP contribution in [0, 0.1) is 18.3 Å². The lowest BCUT2D eigenvalue weighted by Crippen LogP contribution is -2.29. The van der Waals surface area contributed by atoms with Crippen LogP contribution in [0.4, 0.5) is 5.95 Å². The molecular weight excluding hydrogens is 390 g/mol. The lowest BCUT2D eigenvalue weighted by molar-refractivity contribution is 0.335. The van der Waals surface area contributed by atoms with Crippen LogP contribution < -0.4 is 5.32 Å². The van der Waals surface area contributed by atoms with Crippen molar-refractivity contribution < 1.29 is 0 Å². The van der Waals surface area contributed by atoms with Crippen molar-refractivity contribution in [3.63, 3.8) is 0 Å². The zero-order valence-corrected chi connectivity index (χ0v) is 17.5. The van der Waals surface area contributed by atoms with E-state index in [2.05, 4.69) is 36.0 Å². The standard InChI is InChI=1S/C22H23N9/c1-14-18(12-30(2)29-14)20-15(10-23)11-25-22(28-20)27-16-5-3-6-17(9-16)31-13-26-19-7-4-8-24-21(19)31/h4,7-8,11-13,16-17H,3,5-6,9H2,1-2H3,(H,25,27,28)/t16-,17+/m1/s1. The number of aromatic nitrogens is 7. The number of nitriles is 1. The summed E-state index contributed by atoms with van der Waals surface area (Å²) in [6.45, 7) is 1.92. The van der Waals surface area contributed by atoms with Crippen LogP contribution in [0.1, 0.15) is 43.0 Å². The van der Waals surface area contributed by atoms with Crippen LogP contribution in [0.5, 0.6) is 0 Å². The molecule has 1 aliphatic rings. The van der Waals surface area contributed by atoms with Gasteiger partial charge in [0.1, 0.15) is 11.6 Å². The highest BCUT2D eigenvalue weighted by Crippen LogP contribution is 2.32. The largest absolute Gasteiger partial charge is 0.351 e. The summed E-state index contributed by atoms with van der Waals surface area (Å²) in [6.07, 6.45) is 11.3. The van der Waals surface area contributed by atoms with E-state index in [1.165, 1.54) is 0 Å². The van der Waals surface area contributed by atoms with E-state index < -0.39 is 0 Å². The van der Waals surface area contributed by atoms with Crippen LogP contribution in [0.15, 0.2) is 37.1 Å². The minimum absolute atomic E-state index is 0.232. The molecule has 0 aromatic carbocycles. The molecule has 1 N–H and O–H groups in total. The first kappa shape index (κ1) is 19.2. The topological polar surface area (TPSA) is 110 Å². The minimum atomic E-state index is 0.232. The van der Waals surface area contributed by atoms with E-state index in [1.807, 2.05) is 44.8 Å². The molecule has 1 fully saturated rings. The molecule has 4 heterocycles. The van der Waals surface area contributed by atoms with Gasteiger partial charge in [0, 0.05) is 37.1 Å². The number of imidazole rings is 1. The monoisotopic (exact) mass is 413 g/mol. The van der Waals surface area contributed by atoms with Gasteiger partial charge < -0.3 is 9.88 Å². The fourth-order valence-corrected chi connectivity index (χ4v) is 4.44. The first-order valence-corrected chi connectivity index (χ1v) is 10.4. The molecule has 4 aromatic heterocycles. The van der Waals surface area contributed by atoms with Crippen LogP contribution >= 0.6 is 0 Å². The van der Waals surface area contributed by atoms with E-state index in [4.69, 9.17) is 4.98 Å². The molecule has 2 atom stereocenters. The van der Waals surface area contributed by atoms with Crippen molar-refractivity contribution in [2.75, 3.05) is 5.32 Å². The maximum Gasteiger partial charge on any atom is 0.223 e. The summed E-state index contributed by atoms with van der Waals surface area (Å²) in [5.74, 6) is 0.538. The Hall–Kier alpha value is -3.80. The number of aryl methyl sites for hydroxylation is 2. The third kappa shape index (κ3) is 3.61. The van der Waals surface area contributed by atoms with Crippen molar-refractivity contribution >= 4 is 17.1 Å². The summed E-state index contributed by atoms with van der Waals surface area (Å²) in [4.78, 5) is 18.1. The summed E-state index contributed by atoms with van der Waals surface area (Å²) in [7, 11) is 1.86. The highest BCUT2D eigenvalue weighted by Gasteiger charge is 2.25. The van der Waals surface area contributed by atoms with Crippen molar-refractivity contribution in [2.45, 2.75) is 44.7 Å². The zero-order valence-electron chi connectivity index (χ0n) is 17.5. The first-order valence-electron chi connectivity index (χ1n) is 10.4. The van der Waals surface area contributed by atoms with Gasteiger partial charge in [0.15, 0.2) is 5.65 Å². The summed E-state index contributed by atoms with van der Waals surface area (Å²) >= 11 is 0. The predicted molar refractivity (Wildman–Crippen MR) is 116 cm³/mol. The van der Waals surface area contributed by atoms with Gasteiger partial charge in [0.05, 0.1) is 29.5 Å². The molecule has 156 valence electrons. The van der Waals surface area contributed by atoms with Crippen molar-refractivity contribution in [1.82, 2.24) is 34.3 Å². The second-order valence-corrected chi connectivity index (χ2v) is 8.03. The third-order valence-corrected chi connectivity index (χ3v) is 5.88. The average molecular weight is 413 g/mol. The Balaban J connectivity index is 1.39. The molecule has 9 heteroatoms. The second-order valence-electron chi connectivity index (χ2n) is 8.03. The van der Waals surface area contributed by atoms with Crippen LogP contribution in [0.25, 0.3) is 22.4 Å². The number of hydrogen-bond donors (Lipinski definition) is 1. The fourth-order valence-electron chi connectivity index (χ4n) is 4.44. The van der Waals surface area contributed by atoms with Gasteiger partial charge in [-0.1, -0.05) is 0 Å². The molecule has 0 unspecified atom stereocenters. The van der Waals surface area contributed by atoms with E-state index in [9.17, 15) is 5.26 Å². The van der Waals surface area contributed by atoms with Crippen molar-refractivity contribution in [3.05, 3.63) is 48.3 Å². The second kappa shape index (κ2) is 7.80. The lowest BCUT2D eigenvalue weighted by atomic mass is 9.91. The molecule has 5 rings (SSSR count). The average Bonchev–Trinajstić information content (AvgIpc) is 3.36. The first-order chi connectivity index (χ1) is 15.1. The molecule has 1 aliphatic carbocycles. The van der Waals surface area contributed by atoms with Gasteiger partial charge in [0.2, 0.25) is 5.95 Å². The summed E-state index contributed by atoms with van der Waals surface area (Å²) in [5.41, 5.74) is 4.59. The van der Waals surface area contributed by atoms with Gasteiger partial charge in [-0.25, -0.2) is 19.9 Å². The van der Waals surface area contributed by atoms with E-state index in [0.29, 0.717) is 23.2 Å².